The van der Waals surface area contributed by atoms with Crippen LogP contribution in [0, 0.1) is 5.92 Å². The van der Waals surface area contributed by atoms with Gasteiger partial charge in [-0.1, -0.05) is 35.0 Å². The summed E-state index contributed by atoms with van der Waals surface area (Å²) < 4.78 is 1.18. The average molecular weight is 337 g/mol. The lowest BCUT2D eigenvalue weighted by Gasteiger charge is -2.44. The molecule has 0 aromatic heterocycles. The third-order valence-corrected chi connectivity index (χ3v) is 5.48. The molecule has 0 bridgehead atoms. The molecule has 0 radical (unpaired) electrons. The van der Waals surface area contributed by atoms with Crippen LogP contribution in [-0.4, -0.2) is 30.1 Å². The van der Waals surface area contributed by atoms with Crippen LogP contribution in [0.5, 0.6) is 0 Å². The molecular weight excluding hydrogens is 312 g/mol. The molecule has 1 saturated carbocycles. The topological polar surface area (TPSA) is 15.3 Å². The highest BCUT2D eigenvalue weighted by Gasteiger charge is 2.38. The second kappa shape index (κ2) is 6.17. The van der Waals surface area contributed by atoms with Gasteiger partial charge >= 0.3 is 0 Å². The smallest absolute Gasteiger partial charge is 0.0324 e. The van der Waals surface area contributed by atoms with Crippen LogP contribution in [0.15, 0.2) is 28.7 Å². The highest BCUT2D eigenvalue weighted by molar-refractivity contribution is 9.10. The molecule has 1 aromatic carbocycles. The van der Waals surface area contributed by atoms with Gasteiger partial charge in [0.1, 0.15) is 0 Å². The summed E-state index contributed by atoms with van der Waals surface area (Å²) in [5.41, 5.74) is 1.43. The Morgan fingerprint density at radius 1 is 1.40 bits per heavy atom. The maximum Gasteiger partial charge on any atom is 0.0324 e. The zero-order valence-corrected chi connectivity index (χ0v) is 14.1. The SMILES string of the molecule is CCC1CNC(C2CC2)CN1C(C)c1cccc(Br)c1. The highest BCUT2D eigenvalue weighted by atomic mass is 79.9. The largest absolute Gasteiger partial charge is 0.311 e. The maximum atomic E-state index is 3.78. The van der Waals surface area contributed by atoms with Crippen molar-refractivity contribution in [2.75, 3.05) is 13.1 Å². The molecule has 20 heavy (non-hydrogen) atoms. The Kier molecular flexibility index (Phi) is 4.49. The zero-order chi connectivity index (χ0) is 14.1. The summed E-state index contributed by atoms with van der Waals surface area (Å²) in [7, 11) is 0. The average Bonchev–Trinajstić information content (AvgIpc) is 3.30. The summed E-state index contributed by atoms with van der Waals surface area (Å²) in [4.78, 5) is 2.72. The molecule has 3 heteroatoms. The monoisotopic (exact) mass is 336 g/mol. The van der Waals surface area contributed by atoms with Crippen molar-refractivity contribution in [1.82, 2.24) is 10.2 Å². The fourth-order valence-electron chi connectivity index (χ4n) is 3.47. The summed E-state index contributed by atoms with van der Waals surface area (Å²) in [6.45, 7) is 7.02. The second-order valence-corrected chi connectivity index (χ2v) is 7.26. The quantitative estimate of drug-likeness (QED) is 0.894. The van der Waals surface area contributed by atoms with E-state index in [4.69, 9.17) is 0 Å². The van der Waals surface area contributed by atoms with E-state index < -0.39 is 0 Å². The van der Waals surface area contributed by atoms with Crippen LogP contribution in [-0.2, 0) is 0 Å². The molecule has 2 aliphatic rings. The number of piperazine rings is 1. The van der Waals surface area contributed by atoms with Gasteiger partial charge in [-0.05, 0) is 49.8 Å². The predicted octanol–water partition coefficient (Wildman–Crippen LogP) is 3.97. The minimum Gasteiger partial charge on any atom is -0.311 e. The highest BCUT2D eigenvalue weighted by Crippen LogP contribution is 2.36. The van der Waals surface area contributed by atoms with Crippen molar-refractivity contribution in [2.45, 2.75) is 51.2 Å². The van der Waals surface area contributed by atoms with Crippen molar-refractivity contribution < 1.29 is 0 Å². The van der Waals surface area contributed by atoms with E-state index in [0.29, 0.717) is 18.1 Å². The number of benzene rings is 1. The van der Waals surface area contributed by atoms with Crippen molar-refractivity contribution in [3.8, 4) is 0 Å². The van der Waals surface area contributed by atoms with Gasteiger partial charge in [-0.2, -0.15) is 0 Å². The van der Waals surface area contributed by atoms with E-state index in [9.17, 15) is 0 Å². The Balaban J connectivity index is 1.76. The third kappa shape index (κ3) is 3.10. The van der Waals surface area contributed by atoms with E-state index in [1.165, 1.54) is 35.8 Å². The van der Waals surface area contributed by atoms with Gasteiger partial charge in [0.05, 0.1) is 0 Å². The third-order valence-electron chi connectivity index (χ3n) is 4.98. The molecule has 1 aliphatic heterocycles. The first-order valence-corrected chi connectivity index (χ1v) is 8.73. The van der Waals surface area contributed by atoms with Gasteiger partial charge in [0, 0.05) is 35.7 Å². The van der Waals surface area contributed by atoms with Crippen LogP contribution in [0.3, 0.4) is 0 Å². The number of rotatable bonds is 4. The molecule has 0 amide bonds. The Labute approximate surface area is 131 Å². The lowest BCUT2D eigenvalue weighted by molar-refractivity contribution is 0.0803. The fraction of sp³-hybridized carbons (Fsp3) is 0.647. The molecule has 2 nitrogen and oxygen atoms in total. The van der Waals surface area contributed by atoms with Crippen LogP contribution in [0.4, 0.5) is 0 Å². The standard InChI is InChI=1S/C17H25BrN2/c1-3-16-10-19-17(13-7-8-13)11-20(16)12(2)14-5-4-6-15(18)9-14/h4-6,9,12-13,16-17,19H,3,7-8,10-11H2,1-2H3. The van der Waals surface area contributed by atoms with Gasteiger partial charge in [-0.3, -0.25) is 4.90 Å². The van der Waals surface area contributed by atoms with Crippen LogP contribution >= 0.6 is 15.9 Å². The first-order valence-electron chi connectivity index (χ1n) is 7.93. The molecule has 3 rings (SSSR count). The minimum atomic E-state index is 0.501. The van der Waals surface area contributed by atoms with Crippen LogP contribution in [0.2, 0.25) is 0 Å². The normalized spacial score (nSPS) is 29.4. The molecule has 3 unspecified atom stereocenters. The van der Waals surface area contributed by atoms with Crippen molar-refractivity contribution in [3.05, 3.63) is 34.3 Å². The van der Waals surface area contributed by atoms with Gasteiger partial charge < -0.3 is 5.32 Å². The van der Waals surface area contributed by atoms with Gasteiger partial charge in [0.2, 0.25) is 0 Å². The van der Waals surface area contributed by atoms with Crippen molar-refractivity contribution in [1.29, 1.82) is 0 Å². The fourth-order valence-corrected chi connectivity index (χ4v) is 3.89. The molecule has 3 atom stereocenters. The Bertz CT molecular complexity index is 458. The molecule has 0 spiro atoms. The summed E-state index contributed by atoms with van der Waals surface area (Å²) in [5, 5.41) is 3.78. The summed E-state index contributed by atoms with van der Waals surface area (Å²) in [5.74, 6) is 0.935. The lowest BCUT2D eigenvalue weighted by atomic mass is 9.98. The van der Waals surface area contributed by atoms with E-state index in [0.717, 1.165) is 12.5 Å². The zero-order valence-electron chi connectivity index (χ0n) is 12.5. The van der Waals surface area contributed by atoms with Crippen LogP contribution < -0.4 is 5.32 Å². The maximum absolute atomic E-state index is 3.78. The Morgan fingerprint density at radius 2 is 2.20 bits per heavy atom. The van der Waals surface area contributed by atoms with Gasteiger partial charge in [-0.15, -0.1) is 0 Å². The van der Waals surface area contributed by atoms with Gasteiger partial charge in [0.15, 0.2) is 0 Å². The molecular formula is C17H25BrN2. The second-order valence-electron chi connectivity index (χ2n) is 6.34. The van der Waals surface area contributed by atoms with Crippen LogP contribution in [0.25, 0.3) is 0 Å². The first-order chi connectivity index (χ1) is 9.69. The minimum absolute atomic E-state index is 0.501. The van der Waals surface area contributed by atoms with Gasteiger partial charge in [-0.25, -0.2) is 0 Å². The Morgan fingerprint density at radius 3 is 2.85 bits per heavy atom. The van der Waals surface area contributed by atoms with Crippen LogP contribution in [0.1, 0.15) is 44.7 Å². The van der Waals surface area contributed by atoms with Crippen molar-refractivity contribution in [3.63, 3.8) is 0 Å². The van der Waals surface area contributed by atoms with Crippen molar-refractivity contribution in [2.24, 2.45) is 5.92 Å². The molecule has 1 saturated heterocycles. The van der Waals surface area contributed by atoms with Gasteiger partial charge in [0.25, 0.3) is 0 Å². The molecule has 110 valence electrons. The summed E-state index contributed by atoms with van der Waals surface area (Å²) in [6.07, 6.45) is 4.07. The molecule has 1 heterocycles. The molecule has 2 fully saturated rings. The van der Waals surface area contributed by atoms with E-state index in [1.807, 2.05) is 0 Å². The lowest BCUT2D eigenvalue weighted by Crippen LogP contribution is -2.57. The predicted molar refractivity (Wildman–Crippen MR) is 87.9 cm³/mol. The Hall–Kier alpha value is -0.380. The number of nitrogens with one attached hydrogen (secondary N) is 1. The first kappa shape index (κ1) is 14.6. The summed E-state index contributed by atoms with van der Waals surface area (Å²) >= 11 is 3.60. The van der Waals surface area contributed by atoms with Crippen molar-refractivity contribution >= 4 is 15.9 Å². The molecule has 1 aromatic rings. The van der Waals surface area contributed by atoms with E-state index in [2.05, 4.69) is 64.3 Å². The summed E-state index contributed by atoms with van der Waals surface area (Å²) in [6, 6.07) is 10.7. The van der Waals surface area contributed by atoms with E-state index in [1.54, 1.807) is 0 Å². The molecule has 1 N–H and O–H groups in total. The number of hydrogen-bond donors (Lipinski definition) is 1. The van der Waals surface area contributed by atoms with E-state index >= 15 is 0 Å². The van der Waals surface area contributed by atoms with E-state index in [-0.39, 0.29) is 0 Å². The number of nitrogens with zero attached hydrogens (tertiary/aromatic N) is 1. The molecule has 1 aliphatic carbocycles. The number of hydrogen-bond acceptors (Lipinski definition) is 2. The number of halogens is 1.